The highest BCUT2D eigenvalue weighted by atomic mass is 32.1. The number of hydrogen-bond donors (Lipinski definition) is 1. The fourth-order valence-corrected chi connectivity index (χ4v) is 2.17. The Labute approximate surface area is 90.3 Å². The molecule has 80 valence electrons. The lowest BCUT2D eigenvalue weighted by atomic mass is 10.0. The summed E-state index contributed by atoms with van der Waals surface area (Å²) in [6.45, 7) is 5.23. The summed E-state index contributed by atoms with van der Waals surface area (Å²) in [7, 11) is 1.77. The Morgan fingerprint density at radius 1 is 1.57 bits per heavy atom. The molecular formula is C11H19NOS. The number of ether oxygens (including phenoxy) is 1. The molecule has 1 aromatic rings. The van der Waals surface area contributed by atoms with Gasteiger partial charge >= 0.3 is 0 Å². The Bertz CT molecular complexity index is 235. The Hall–Kier alpha value is -0.380. The van der Waals surface area contributed by atoms with Gasteiger partial charge in [0, 0.05) is 13.2 Å². The van der Waals surface area contributed by atoms with Crippen LogP contribution < -0.4 is 5.32 Å². The molecule has 0 aliphatic carbocycles. The SMILES string of the molecule is CCNC(Cc1ccsc1)C(C)OC. The summed E-state index contributed by atoms with van der Waals surface area (Å²) in [4.78, 5) is 0. The minimum Gasteiger partial charge on any atom is -0.380 e. The molecule has 0 saturated carbocycles. The van der Waals surface area contributed by atoms with Crippen LogP contribution in [0.25, 0.3) is 0 Å². The molecule has 3 heteroatoms. The van der Waals surface area contributed by atoms with Crippen LogP contribution in [0.15, 0.2) is 16.8 Å². The summed E-state index contributed by atoms with van der Waals surface area (Å²) in [6.07, 6.45) is 1.31. The van der Waals surface area contributed by atoms with Crippen LogP contribution in [0.2, 0.25) is 0 Å². The maximum atomic E-state index is 5.35. The van der Waals surface area contributed by atoms with Crippen molar-refractivity contribution in [1.29, 1.82) is 0 Å². The maximum Gasteiger partial charge on any atom is 0.0699 e. The minimum absolute atomic E-state index is 0.259. The molecule has 2 unspecified atom stereocenters. The van der Waals surface area contributed by atoms with E-state index in [1.165, 1.54) is 5.56 Å². The van der Waals surface area contributed by atoms with Crippen molar-refractivity contribution in [2.24, 2.45) is 0 Å². The van der Waals surface area contributed by atoms with Crippen molar-refractivity contribution >= 4 is 11.3 Å². The van der Waals surface area contributed by atoms with Gasteiger partial charge in [0.15, 0.2) is 0 Å². The average Bonchev–Trinajstić information content (AvgIpc) is 2.68. The first-order valence-electron chi connectivity index (χ1n) is 5.05. The Balaban J connectivity index is 2.50. The van der Waals surface area contributed by atoms with Crippen molar-refractivity contribution in [3.8, 4) is 0 Å². The first kappa shape index (κ1) is 11.7. The first-order chi connectivity index (χ1) is 6.77. The van der Waals surface area contributed by atoms with Crippen molar-refractivity contribution in [2.75, 3.05) is 13.7 Å². The van der Waals surface area contributed by atoms with Crippen LogP contribution in [0.3, 0.4) is 0 Å². The van der Waals surface area contributed by atoms with E-state index in [0.29, 0.717) is 6.04 Å². The lowest BCUT2D eigenvalue weighted by molar-refractivity contribution is 0.0836. The molecule has 1 heterocycles. The van der Waals surface area contributed by atoms with Crippen LogP contribution in [0.4, 0.5) is 0 Å². The number of methoxy groups -OCH3 is 1. The predicted molar refractivity (Wildman–Crippen MR) is 62.0 cm³/mol. The monoisotopic (exact) mass is 213 g/mol. The molecule has 0 fully saturated rings. The highest BCUT2D eigenvalue weighted by Gasteiger charge is 2.15. The molecule has 2 atom stereocenters. The lowest BCUT2D eigenvalue weighted by Crippen LogP contribution is -2.40. The van der Waals surface area contributed by atoms with Crippen molar-refractivity contribution in [3.63, 3.8) is 0 Å². The van der Waals surface area contributed by atoms with Gasteiger partial charge in [-0.15, -0.1) is 0 Å². The highest BCUT2D eigenvalue weighted by molar-refractivity contribution is 7.07. The highest BCUT2D eigenvalue weighted by Crippen LogP contribution is 2.11. The molecule has 1 rings (SSSR count). The topological polar surface area (TPSA) is 21.3 Å². The molecular weight excluding hydrogens is 194 g/mol. The zero-order chi connectivity index (χ0) is 10.4. The third-order valence-electron chi connectivity index (χ3n) is 2.44. The first-order valence-corrected chi connectivity index (χ1v) is 5.99. The molecule has 0 aliphatic heterocycles. The van der Waals surface area contributed by atoms with Gasteiger partial charge in [0.25, 0.3) is 0 Å². The van der Waals surface area contributed by atoms with E-state index in [4.69, 9.17) is 4.74 Å². The van der Waals surface area contributed by atoms with E-state index in [1.807, 2.05) is 0 Å². The lowest BCUT2D eigenvalue weighted by Gasteiger charge is -2.23. The third kappa shape index (κ3) is 3.40. The maximum absolute atomic E-state index is 5.35. The van der Waals surface area contributed by atoms with Crippen LogP contribution in [-0.2, 0) is 11.2 Å². The van der Waals surface area contributed by atoms with E-state index in [1.54, 1.807) is 18.4 Å². The average molecular weight is 213 g/mol. The second kappa shape index (κ2) is 6.17. The van der Waals surface area contributed by atoms with E-state index in [9.17, 15) is 0 Å². The Kier molecular flexibility index (Phi) is 5.15. The van der Waals surface area contributed by atoms with Crippen molar-refractivity contribution in [1.82, 2.24) is 5.32 Å². The van der Waals surface area contributed by atoms with E-state index in [2.05, 4.69) is 36.0 Å². The van der Waals surface area contributed by atoms with E-state index in [0.717, 1.165) is 13.0 Å². The van der Waals surface area contributed by atoms with Gasteiger partial charge in [0.05, 0.1) is 6.10 Å². The van der Waals surface area contributed by atoms with Gasteiger partial charge in [-0.05, 0) is 42.3 Å². The largest absolute Gasteiger partial charge is 0.380 e. The van der Waals surface area contributed by atoms with Gasteiger partial charge in [0.2, 0.25) is 0 Å². The number of nitrogens with one attached hydrogen (secondary N) is 1. The summed E-state index contributed by atoms with van der Waals surface area (Å²) in [5.41, 5.74) is 1.39. The van der Waals surface area contributed by atoms with Gasteiger partial charge in [0.1, 0.15) is 0 Å². The normalized spacial score (nSPS) is 15.4. The summed E-state index contributed by atoms with van der Waals surface area (Å²) >= 11 is 1.75. The van der Waals surface area contributed by atoms with Crippen molar-refractivity contribution < 1.29 is 4.74 Å². The molecule has 0 aliphatic rings. The summed E-state index contributed by atoms with van der Waals surface area (Å²) in [6, 6.07) is 2.59. The summed E-state index contributed by atoms with van der Waals surface area (Å²) in [5, 5.41) is 7.77. The van der Waals surface area contributed by atoms with Crippen LogP contribution in [0, 0.1) is 0 Å². The van der Waals surface area contributed by atoms with Gasteiger partial charge in [-0.3, -0.25) is 0 Å². The van der Waals surface area contributed by atoms with Gasteiger partial charge in [-0.25, -0.2) is 0 Å². The van der Waals surface area contributed by atoms with Crippen LogP contribution in [0.1, 0.15) is 19.4 Å². The predicted octanol–water partition coefficient (Wildman–Crippen LogP) is 2.30. The van der Waals surface area contributed by atoms with Crippen molar-refractivity contribution in [3.05, 3.63) is 22.4 Å². The Morgan fingerprint density at radius 2 is 2.36 bits per heavy atom. The molecule has 0 radical (unpaired) electrons. The van der Waals surface area contributed by atoms with Crippen molar-refractivity contribution in [2.45, 2.75) is 32.4 Å². The van der Waals surface area contributed by atoms with Crippen LogP contribution >= 0.6 is 11.3 Å². The molecule has 1 N–H and O–H groups in total. The minimum atomic E-state index is 0.259. The van der Waals surface area contributed by atoms with E-state index < -0.39 is 0 Å². The standard InChI is InChI=1S/C11H19NOS/c1-4-12-11(9(2)13-3)7-10-5-6-14-8-10/h5-6,8-9,11-12H,4,7H2,1-3H3. The summed E-state index contributed by atoms with van der Waals surface area (Å²) < 4.78 is 5.35. The fraction of sp³-hybridized carbons (Fsp3) is 0.636. The van der Waals surface area contributed by atoms with Gasteiger partial charge < -0.3 is 10.1 Å². The molecule has 0 saturated heterocycles. The van der Waals surface area contributed by atoms with Gasteiger partial charge in [-0.2, -0.15) is 11.3 Å². The zero-order valence-electron chi connectivity index (χ0n) is 9.12. The van der Waals surface area contributed by atoms with E-state index >= 15 is 0 Å². The van der Waals surface area contributed by atoms with Gasteiger partial charge in [-0.1, -0.05) is 6.92 Å². The third-order valence-corrected chi connectivity index (χ3v) is 3.17. The number of hydrogen-bond acceptors (Lipinski definition) is 3. The fourth-order valence-electron chi connectivity index (χ4n) is 1.49. The number of likely N-dealkylation sites (N-methyl/N-ethyl adjacent to an activating group) is 1. The zero-order valence-corrected chi connectivity index (χ0v) is 9.93. The second-order valence-corrected chi connectivity index (χ2v) is 4.22. The number of thiophene rings is 1. The van der Waals surface area contributed by atoms with E-state index in [-0.39, 0.29) is 6.10 Å². The second-order valence-electron chi connectivity index (χ2n) is 3.44. The smallest absolute Gasteiger partial charge is 0.0699 e. The number of rotatable bonds is 6. The quantitative estimate of drug-likeness (QED) is 0.783. The van der Waals surface area contributed by atoms with Crippen LogP contribution in [-0.4, -0.2) is 25.8 Å². The molecule has 0 bridgehead atoms. The molecule has 0 spiro atoms. The Morgan fingerprint density at radius 3 is 2.86 bits per heavy atom. The molecule has 2 nitrogen and oxygen atoms in total. The molecule has 1 aromatic heterocycles. The molecule has 0 aromatic carbocycles. The summed E-state index contributed by atoms with van der Waals surface area (Å²) in [5.74, 6) is 0. The van der Waals surface area contributed by atoms with Crippen LogP contribution in [0.5, 0.6) is 0 Å². The molecule has 0 amide bonds. The molecule has 14 heavy (non-hydrogen) atoms.